The van der Waals surface area contributed by atoms with Crippen molar-refractivity contribution in [2.24, 2.45) is 0 Å². The molecule has 0 atom stereocenters. The van der Waals surface area contributed by atoms with Crippen molar-refractivity contribution in [2.45, 2.75) is 12.8 Å². The van der Waals surface area contributed by atoms with E-state index in [1.165, 1.54) is 6.07 Å². The van der Waals surface area contributed by atoms with Crippen LogP contribution in [0.5, 0.6) is 11.5 Å². The monoisotopic (exact) mass is 321 g/mol. The maximum absolute atomic E-state index is 13.0. The van der Waals surface area contributed by atoms with Crippen molar-refractivity contribution in [1.29, 1.82) is 0 Å². The summed E-state index contributed by atoms with van der Waals surface area (Å²) in [4.78, 5) is 11.7. The molecule has 2 rings (SSSR count). The average molecular weight is 321 g/mol. The smallest absolute Gasteiger partial charge is 0.224 e. The van der Waals surface area contributed by atoms with Gasteiger partial charge < -0.3 is 14.8 Å². The second-order valence-corrected chi connectivity index (χ2v) is 4.80. The Morgan fingerprint density at radius 1 is 1.04 bits per heavy atom. The number of carbonyl (C=O) groups excluding carboxylic acids is 1. The van der Waals surface area contributed by atoms with Gasteiger partial charge in [0.2, 0.25) is 5.91 Å². The van der Waals surface area contributed by atoms with Crippen LogP contribution in [0, 0.1) is 11.6 Å². The Kier molecular flexibility index (Phi) is 5.91. The first-order valence-electron chi connectivity index (χ1n) is 7.10. The molecule has 4 nitrogen and oxygen atoms in total. The third-order valence-corrected chi connectivity index (χ3v) is 3.08. The van der Waals surface area contributed by atoms with Crippen LogP contribution >= 0.6 is 0 Å². The normalized spacial score (nSPS) is 10.2. The molecule has 0 unspecified atom stereocenters. The maximum atomic E-state index is 13.0. The quantitative estimate of drug-likeness (QED) is 0.790. The van der Waals surface area contributed by atoms with Gasteiger partial charge in [0.25, 0.3) is 0 Å². The Balaban J connectivity index is 1.70. The van der Waals surface area contributed by atoms with Crippen molar-refractivity contribution in [3.63, 3.8) is 0 Å². The van der Waals surface area contributed by atoms with E-state index in [0.29, 0.717) is 18.8 Å². The lowest BCUT2D eigenvalue weighted by atomic mass is 10.2. The summed E-state index contributed by atoms with van der Waals surface area (Å²) in [6.07, 6.45) is 0.719. The summed E-state index contributed by atoms with van der Waals surface area (Å²) in [5, 5.41) is 2.51. The summed E-state index contributed by atoms with van der Waals surface area (Å²) in [6.45, 7) is 0.373. The van der Waals surface area contributed by atoms with Crippen LogP contribution in [0.3, 0.4) is 0 Å². The number of halogens is 2. The van der Waals surface area contributed by atoms with Gasteiger partial charge in [0.1, 0.15) is 11.5 Å². The van der Waals surface area contributed by atoms with Gasteiger partial charge in [-0.2, -0.15) is 0 Å². The molecular weight excluding hydrogens is 304 g/mol. The first-order chi connectivity index (χ1) is 11.1. The number of hydrogen-bond acceptors (Lipinski definition) is 3. The standard InChI is InChI=1S/C17H17F2NO3/c1-22-13-5-7-14(8-6-13)23-10-2-3-17(21)20-12-4-9-15(18)16(19)11-12/h4-9,11H,2-3,10H2,1H3,(H,20,21). The fourth-order valence-electron chi connectivity index (χ4n) is 1.89. The number of amides is 1. The largest absolute Gasteiger partial charge is 0.497 e. The Morgan fingerprint density at radius 3 is 2.39 bits per heavy atom. The first-order valence-corrected chi connectivity index (χ1v) is 7.10. The SMILES string of the molecule is COc1ccc(OCCCC(=O)Nc2ccc(F)c(F)c2)cc1. The van der Waals surface area contributed by atoms with Crippen molar-refractivity contribution < 1.29 is 23.0 Å². The summed E-state index contributed by atoms with van der Waals surface area (Å²) in [5.41, 5.74) is 0.227. The molecule has 0 fully saturated rings. The molecule has 0 radical (unpaired) electrons. The molecule has 0 bridgehead atoms. The molecular formula is C17H17F2NO3. The van der Waals surface area contributed by atoms with Gasteiger partial charge >= 0.3 is 0 Å². The predicted molar refractivity (Wildman–Crippen MR) is 82.7 cm³/mol. The van der Waals surface area contributed by atoms with Gasteiger partial charge in [0.15, 0.2) is 11.6 Å². The maximum Gasteiger partial charge on any atom is 0.224 e. The van der Waals surface area contributed by atoms with E-state index >= 15 is 0 Å². The third kappa shape index (κ3) is 5.25. The zero-order valence-electron chi connectivity index (χ0n) is 12.6. The third-order valence-electron chi connectivity index (χ3n) is 3.08. The van der Waals surface area contributed by atoms with E-state index in [4.69, 9.17) is 9.47 Å². The van der Waals surface area contributed by atoms with E-state index in [0.717, 1.165) is 17.9 Å². The highest BCUT2D eigenvalue weighted by molar-refractivity contribution is 5.90. The fourth-order valence-corrected chi connectivity index (χ4v) is 1.89. The zero-order chi connectivity index (χ0) is 16.7. The number of nitrogens with one attached hydrogen (secondary N) is 1. The van der Waals surface area contributed by atoms with Crippen LogP contribution in [0.1, 0.15) is 12.8 Å². The van der Waals surface area contributed by atoms with Crippen LogP contribution in [0.4, 0.5) is 14.5 Å². The van der Waals surface area contributed by atoms with Crippen molar-refractivity contribution in [3.05, 3.63) is 54.1 Å². The summed E-state index contributed by atoms with van der Waals surface area (Å²) < 4.78 is 36.3. The van der Waals surface area contributed by atoms with E-state index in [9.17, 15) is 13.6 Å². The molecule has 0 saturated carbocycles. The van der Waals surface area contributed by atoms with Crippen molar-refractivity contribution in [2.75, 3.05) is 19.0 Å². The summed E-state index contributed by atoms with van der Waals surface area (Å²) in [6, 6.07) is 10.3. The predicted octanol–water partition coefficient (Wildman–Crippen LogP) is 3.77. The molecule has 23 heavy (non-hydrogen) atoms. The molecule has 0 aliphatic rings. The molecule has 1 amide bonds. The molecule has 122 valence electrons. The first kappa shape index (κ1) is 16.7. The lowest BCUT2D eigenvalue weighted by Crippen LogP contribution is -2.13. The molecule has 2 aromatic rings. The zero-order valence-corrected chi connectivity index (χ0v) is 12.6. The Hall–Kier alpha value is -2.63. The minimum absolute atomic E-state index is 0.217. The number of rotatable bonds is 7. The van der Waals surface area contributed by atoms with Crippen LogP contribution in [0.15, 0.2) is 42.5 Å². The molecule has 0 aliphatic heterocycles. The Morgan fingerprint density at radius 2 is 1.74 bits per heavy atom. The number of methoxy groups -OCH3 is 1. The fraction of sp³-hybridized carbons (Fsp3) is 0.235. The van der Waals surface area contributed by atoms with Crippen LogP contribution in [0.25, 0.3) is 0 Å². The number of anilines is 1. The molecule has 0 aromatic heterocycles. The molecule has 0 saturated heterocycles. The minimum Gasteiger partial charge on any atom is -0.497 e. The van der Waals surface area contributed by atoms with Gasteiger partial charge in [-0.05, 0) is 42.8 Å². The second-order valence-electron chi connectivity index (χ2n) is 4.80. The van der Waals surface area contributed by atoms with E-state index in [1.807, 2.05) is 0 Å². The van der Waals surface area contributed by atoms with Crippen LogP contribution in [-0.4, -0.2) is 19.6 Å². The molecule has 0 spiro atoms. The van der Waals surface area contributed by atoms with Crippen LogP contribution in [0.2, 0.25) is 0 Å². The van der Waals surface area contributed by atoms with E-state index < -0.39 is 11.6 Å². The molecule has 6 heteroatoms. The van der Waals surface area contributed by atoms with E-state index in [-0.39, 0.29) is 18.0 Å². The average Bonchev–Trinajstić information content (AvgIpc) is 2.55. The van der Waals surface area contributed by atoms with Crippen molar-refractivity contribution in [3.8, 4) is 11.5 Å². The van der Waals surface area contributed by atoms with Gasteiger partial charge in [0.05, 0.1) is 13.7 Å². The van der Waals surface area contributed by atoms with Crippen LogP contribution < -0.4 is 14.8 Å². The van der Waals surface area contributed by atoms with Crippen LogP contribution in [-0.2, 0) is 4.79 Å². The van der Waals surface area contributed by atoms with Crippen molar-refractivity contribution >= 4 is 11.6 Å². The highest BCUT2D eigenvalue weighted by Crippen LogP contribution is 2.17. The lowest BCUT2D eigenvalue weighted by molar-refractivity contribution is -0.116. The number of benzene rings is 2. The van der Waals surface area contributed by atoms with Gasteiger partial charge in [-0.1, -0.05) is 0 Å². The highest BCUT2D eigenvalue weighted by Gasteiger charge is 2.06. The molecule has 0 heterocycles. The number of ether oxygens (including phenoxy) is 2. The minimum atomic E-state index is -0.995. The Labute approximate surface area is 133 Å². The number of hydrogen-bond donors (Lipinski definition) is 1. The van der Waals surface area contributed by atoms with Gasteiger partial charge in [-0.3, -0.25) is 4.79 Å². The molecule has 2 aromatic carbocycles. The summed E-state index contributed by atoms with van der Waals surface area (Å²) >= 11 is 0. The van der Waals surface area contributed by atoms with E-state index in [2.05, 4.69) is 5.32 Å². The van der Waals surface area contributed by atoms with Crippen molar-refractivity contribution in [1.82, 2.24) is 0 Å². The van der Waals surface area contributed by atoms with Gasteiger partial charge in [-0.15, -0.1) is 0 Å². The summed E-state index contributed by atoms with van der Waals surface area (Å²) in [7, 11) is 1.58. The number of carbonyl (C=O) groups is 1. The molecule has 0 aliphatic carbocycles. The second kappa shape index (κ2) is 8.12. The van der Waals surface area contributed by atoms with E-state index in [1.54, 1.807) is 31.4 Å². The lowest BCUT2D eigenvalue weighted by Gasteiger charge is -2.08. The van der Waals surface area contributed by atoms with Gasteiger partial charge in [0, 0.05) is 18.2 Å². The highest BCUT2D eigenvalue weighted by atomic mass is 19.2. The summed E-state index contributed by atoms with van der Waals surface area (Å²) in [5.74, 6) is -0.800. The molecule has 1 N–H and O–H groups in total. The Bertz CT molecular complexity index is 659. The van der Waals surface area contributed by atoms with Gasteiger partial charge in [-0.25, -0.2) is 8.78 Å². The topological polar surface area (TPSA) is 47.6 Å².